The normalized spacial score (nSPS) is 17.1. The summed E-state index contributed by atoms with van der Waals surface area (Å²) in [4.78, 5) is 65.5. The third-order valence-corrected chi connectivity index (χ3v) is 14.4. The zero-order valence-corrected chi connectivity index (χ0v) is 44.4. The SMILES string of the molecule is COc1ccc(CO[C@@H]2O[C@H](COS(=O)(=O)c3ccc(-c4ccc(C(=O)NCCCCCCCCCCCCC(N)=O)cc4)cc3)[C@@H](OC(=O)c3ccccc3)[C@H](OC(=O)c3ccccc3)[C@H]2OC(=O)c2ccccc2)cc1. The molecule has 16 nitrogen and oxygen atoms in total. The molecule has 0 aliphatic carbocycles. The molecule has 7 rings (SSSR count). The molecule has 1 aliphatic heterocycles. The third kappa shape index (κ3) is 17.4. The van der Waals surface area contributed by atoms with Crippen molar-refractivity contribution in [1.82, 2.24) is 5.32 Å². The Morgan fingerprint density at radius 3 is 1.49 bits per heavy atom. The van der Waals surface area contributed by atoms with E-state index in [9.17, 15) is 32.4 Å². The number of hydrogen-bond acceptors (Lipinski definition) is 14. The standard InChI is InChI=1S/C61H66N2O14S/c1-71-50-36-28-43(29-37-50)41-72-61-56(77-60(68)49-25-17-12-18-26-49)55(76-59(67)48-23-15-11-16-24-48)54(75-58(66)47-21-13-10-14-22-47)52(74-61)42-73-78(69,70)51-38-34-45(35-39-51)44-30-32-46(33-31-44)57(65)63-40-20-9-7-5-3-2-4-6-8-19-27-53(62)64/h10-18,21-26,28-39,52,54-56,61H,2-9,19-20,27,40-42H2,1H3,(H2,62,64)(H,63,65)/t52-,54-,55+,56-,61-/m1/s1. The summed E-state index contributed by atoms with van der Waals surface area (Å²) in [5, 5.41) is 2.99. The summed E-state index contributed by atoms with van der Waals surface area (Å²) in [6, 6.07) is 43.8. The van der Waals surface area contributed by atoms with Gasteiger partial charge in [-0.2, -0.15) is 8.42 Å². The molecule has 1 heterocycles. The topological polar surface area (TPSA) is 222 Å². The van der Waals surface area contributed by atoms with Gasteiger partial charge in [0.15, 0.2) is 24.6 Å². The Hall–Kier alpha value is -7.70. The number of nitrogens with one attached hydrogen (secondary N) is 1. The number of ether oxygens (including phenoxy) is 6. The maximum absolute atomic E-state index is 14.1. The number of carbonyl (C=O) groups is 5. The first-order chi connectivity index (χ1) is 37.9. The van der Waals surface area contributed by atoms with Crippen LogP contribution in [0.1, 0.15) is 118 Å². The first-order valence-corrected chi connectivity index (χ1v) is 27.6. The smallest absolute Gasteiger partial charge is 0.338 e. The molecular formula is C61H66N2O14S. The van der Waals surface area contributed by atoms with Crippen LogP contribution in [0.15, 0.2) is 169 Å². The molecule has 0 radical (unpaired) electrons. The van der Waals surface area contributed by atoms with Crippen molar-refractivity contribution in [2.24, 2.45) is 5.73 Å². The van der Waals surface area contributed by atoms with Crippen molar-refractivity contribution in [3.8, 4) is 16.9 Å². The highest BCUT2D eigenvalue weighted by Gasteiger charge is 2.54. The predicted molar refractivity (Wildman–Crippen MR) is 291 cm³/mol. The van der Waals surface area contributed by atoms with E-state index in [1.807, 2.05) is 0 Å². The minimum atomic E-state index is -4.57. The van der Waals surface area contributed by atoms with Gasteiger partial charge in [0.2, 0.25) is 5.91 Å². The zero-order valence-electron chi connectivity index (χ0n) is 43.6. The fourth-order valence-electron chi connectivity index (χ4n) is 8.74. The van der Waals surface area contributed by atoms with Crippen molar-refractivity contribution in [3.05, 3.63) is 192 Å². The largest absolute Gasteiger partial charge is 0.497 e. The lowest BCUT2D eigenvalue weighted by Crippen LogP contribution is -2.63. The molecule has 1 fully saturated rings. The molecule has 0 saturated carbocycles. The van der Waals surface area contributed by atoms with E-state index < -0.39 is 65.3 Å². The van der Waals surface area contributed by atoms with Crippen molar-refractivity contribution in [3.63, 3.8) is 0 Å². The van der Waals surface area contributed by atoms with E-state index in [1.54, 1.807) is 115 Å². The Bertz CT molecular complexity index is 2960. The first kappa shape index (κ1) is 58.0. The third-order valence-electron chi connectivity index (χ3n) is 13.1. The molecular weight excluding hydrogens is 1020 g/mol. The van der Waals surface area contributed by atoms with Crippen molar-refractivity contribution >= 4 is 39.8 Å². The fourth-order valence-corrected chi connectivity index (χ4v) is 9.66. The number of nitrogens with two attached hydrogens (primary N) is 1. The number of primary amides is 1. The molecule has 0 aromatic heterocycles. The predicted octanol–water partition coefficient (Wildman–Crippen LogP) is 10.2. The summed E-state index contributed by atoms with van der Waals surface area (Å²) < 4.78 is 70.2. The van der Waals surface area contributed by atoms with Crippen LogP contribution < -0.4 is 15.8 Å². The molecule has 6 aromatic rings. The van der Waals surface area contributed by atoms with E-state index >= 15 is 0 Å². The molecule has 78 heavy (non-hydrogen) atoms. The Morgan fingerprint density at radius 2 is 0.987 bits per heavy atom. The molecule has 5 atom stereocenters. The van der Waals surface area contributed by atoms with Crippen molar-refractivity contribution in [2.75, 3.05) is 20.3 Å². The maximum Gasteiger partial charge on any atom is 0.338 e. The van der Waals surface area contributed by atoms with E-state index in [2.05, 4.69) is 5.32 Å². The maximum atomic E-state index is 14.1. The van der Waals surface area contributed by atoms with Crippen LogP contribution in [-0.2, 0) is 49.4 Å². The average Bonchev–Trinajstić information content (AvgIpc) is 3.51. The number of unbranched alkanes of at least 4 members (excludes halogenated alkanes) is 9. The number of methoxy groups -OCH3 is 1. The Kier molecular flexibility index (Phi) is 22.1. The Labute approximate surface area is 455 Å². The van der Waals surface area contributed by atoms with E-state index in [4.69, 9.17) is 38.3 Å². The van der Waals surface area contributed by atoms with Crippen LogP contribution in [0.5, 0.6) is 5.75 Å². The van der Waals surface area contributed by atoms with E-state index in [-0.39, 0.29) is 40.0 Å². The monoisotopic (exact) mass is 1080 g/mol. The summed E-state index contributed by atoms with van der Waals surface area (Å²) in [6.45, 7) is -0.358. The first-order valence-electron chi connectivity index (χ1n) is 26.2. The van der Waals surface area contributed by atoms with Gasteiger partial charge in [-0.25, -0.2) is 14.4 Å². The molecule has 410 valence electrons. The van der Waals surface area contributed by atoms with Crippen LogP contribution in [0.25, 0.3) is 11.1 Å². The van der Waals surface area contributed by atoms with Gasteiger partial charge in [-0.1, -0.05) is 142 Å². The van der Waals surface area contributed by atoms with Gasteiger partial charge in [0, 0.05) is 18.5 Å². The number of carbonyl (C=O) groups excluding carboxylic acids is 5. The molecule has 0 spiro atoms. The number of amides is 2. The van der Waals surface area contributed by atoms with E-state index in [0.717, 1.165) is 56.9 Å². The highest BCUT2D eigenvalue weighted by atomic mass is 32.2. The average molecular weight is 1080 g/mol. The van der Waals surface area contributed by atoms with Crippen LogP contribution in [0.2, 0.25) is 0 Å². The summed E-state index contributed by atoms with van der Waals surface area (Å²) in [6.07, 6.45) is 3.13. The van der Waals surface area contributed by atoms with Gasteiger partial charge in [-0.05, 0) is 102 Å². The molecule has 3 N–H and O–H groups in total. The number of esters is 3. The Morgan fingerprint density at radius 1 is 0.526 bits per heavy atom. The highest BCUT2D eigenvalue weighted by Crippen LogP contribution is 2.33. The zero-order chi connectivity index (χ0) is 55.1. The minimum Gasteiger partial charge on any atom is -0.497 e. The molecule has 2 amide bonds. The Balaban J connectivity index is 1.04. The molecule has 6 aromatic carbocycles. The summed E-state index contributed by atoms with van der Waals surface area (Å²) in [7, 11) is -3.04. The quantitative estimate of drug-likeness (QED) is 0.0193. The van der Waals surface area contributed by atoms with Crippen LogP contribution in [0.4, 0.5) is 0 Å². The van der Waals surface area contributed by atoms with Crippen LogP contribution in [0.3, 0.4) is 0 Å². The summed E-state index contributed by atoms with van der Waals surface area (Å²) in [5.74, 6) is -2.44. The molecule has 0 unspecified atom stereocenters. The van der Waals surface area contributed by atoms with Gasteiger partial charge in [0.25, 0.3) is 16.0 Å². The van der Waals surface area contributed by atoms with Gasteiger partial charge >= 0.3 is 17.9 Å². The van der Waals surface area contributed by atoms with Crippen LogP contribution >= 0.6 is 0 Å². The van der Waals surface area contributed by atoms with E-state index in [0.29, 0.717) is 35.4 Å². The number of benzene rings is 6. The summed E-state index contributed by atoms with van der Waals surface area (Å²) >= 11 is 0. The second-order valence-corrected chi connectivity index (χ2v) is 20.4. The lowest BCUT2D eigenvalue weighted by atomic mass is 9.97. The van der Waals surface area contributed by atoms with Gasteiger partial charge in [0.1, 0.15) is 11.9 Å². The lowest BCUT2D eigenvalue weighted by molar-refractivity contribution is -0.300. The minimum absolute atomic E-state index is 0.110. The second-order valence-electron chi connectivity index (χ2n) is 18.8. The van der Waals surface area contributed by atoms with Crippen LogP contribution in [-0.4, -0.2) is 89.1 Å². The van der Waals surface area contributed by atoms with Gasteiger partial charge in [0.05, 0.1) is 41.9 Å². The van der Waals surface area contributed by atoms with Crippen molar-refractivity contribution < 1.29 is 65.0 Å². The molecule has 1 aliphatic rings. The van der Waals surface area contributed by atoms with Gasteiger partial charge in [-0.15, -0.1) is 0 Å². The van der Waals surface area contributed by atoms with Crippen LogP contribution in [0, 0.1) is 0 Å². The number of rotatable bonds is 29. The van der Waals surface area contributed by atoms with E-state index in [1.165, 1.54) is 68.5 Å². The van der Waals surface area contributed by atoms with Crippen molar-refractivity contribution in [1.29, 1.82) is 0 Å². The fraction of sp³-hybridized carbons (Fsp3) is 0.328. The van der Waals surface area contributed by atoms with Crippen molar-refractivity contribution in [2.45, 2.75) is 113 Å². The number of hydrogen-bond donors (Lipinski definition) is 2. The lowest BCUT2D eigenvalue weighted by Gasteiger charge is -2.44. The summed E-state index contributed by atoms with van der Waals surface area (Å²) in [5.41, 5.74) is 8.10. The highest BCUT2D eigenvalue weighted by molar-refractivity contribution is 7.86. The van der Waals surface area contributed by atoms with Gasteiger partial charge in [-0.3, -0.25) is 13.8 Å². The molecule has 1 saturated heterocycles. The second kappa shape index (κ2) is 29.7. The molecule has 17 heteroatoms. The van der Waals surface area contributed by atoms with Gasteiger partial charge < -0.3 is 39.5 Å². The molecule has 0 bridgehead atoms.